The van der Waals surface area contributed by atoms with Gasteiger partial charge in [0.15, 0.2) is 0 Å². The molecule has 1 aliphatic heterocycles. The maximum Gasteiger partial charge on any atom is 0.119 e. The zero-order valence-electron chi connectivity index (χ0n) is 12.1. The van der Waals surface area contributed by atoms with Gasteiger partial charge in [-0.1, -0.05) is 25.5 Å². The van der Waals surface area contributed by atoms with Crippen LogP contribution in [0.5, 0.6) is 5.75 Å². The molecule has 1 aromatic carbocycles. The third-order valence-corrected chi connectivity index (χ3v) is 4.11. The molecule has 106 valence electrons. The maximum absolute atomic E-state index is 6.01. The minimum absolute atomic E-state index is 0.138. The average Bonchev–Trinajstić information content (AvgIpc) is 2.46. The van der Waals surface area contributed by atoms with E-state index in [4.69, 9.17) is 10.5 Å². The van der Waals surface area contributed by atoms with Gasteiger partial charge >= 0.3 is 0 Å². The molecule has 1 saturated heterocycles. The van der Waals surface area contributed by atoms with Crippen LogP contribution in [0.15, 0.2) is 24.3 Å². The van der Waals surface area contributed by atoms with Crippen molar-refractivity contribution in [1.29, 1.82) is 0 Å². The van der Waals surface area contributed by atoms with E-state index in [2.05, 4.69) is 31.0 Å². The first-order valence-corrected chi connectivity index (χ1v) is 7.39. The second-order valence-electron chi connectivity index (χ2n) is 5.52. The summed E-state index contributed by atoms with van der Waals surface area (Å²) in [6.45, 7) is 4.09. The van der Waals surface area contributed by atoms with Gasteiger partial charge in [0.2, 0.25) is 0 Å². The second-order valence-corrected chi connectivity index (χ2v) is 5.52. The van der Waals surface area contributed by atoms with E-state index in [-0.39, 0.29) is 6.04 Å². The number of rotatable bonds is 5. The van der Waals surface area contributed by atoms with Crippen LogP contribution >= 0.6 is 0 Å². The first-order valence-electron chi connectivity index (χ1n) is 7.39. The predicted octanol–water partition coefficient (Wildman–Crippen LogP) is 2.96. The normalized spacial score (nSPS) is 22.2. The van der Waals surface area contributed by atoms with Gasteiger partial charge in [0.25, 0.3) is 0 Å². The third-order valence-electron chi connectivity index (χ3n) is 4.11. The molecule has 1 aromatic rings. The zero-order chi connectivity index (χ0) is 13.7. The van der Waals surface area contributed by atoms with Crippen LogP contribution in [-0.4, -0.2) is 31.1 Å². The molecule has 1 heterocycles. The number of benzene rings is 1. The number of likely N-dealkylation sites (tertiary alicyclic amines) is 1. The van der Waals surface area contributed by atoms with Crippen LogP contribution in [0.4, 0.5) is 0 Å². The number of nitrogens with zero attached hydrogens (tertiary/aromatic N) is 1. The fraction of sp³-hybridized carbons (Fsp3) is 0.625. The summed E-state index contributed by atoms with van der Waals surface area (Å²) < 4.78 is 5.90. The van der Waals surface area contributed by atoms with E-state index in [9.17, 15) is 0 Å². The summed E-state index contributed by atoms with van der Waals surface area (Å²) in [5.41, 5.74) is 7.19. The highest BCUT2D eigenvalue weighted by atomic mass is 16.5. The van der Waals surface area contributed by atoms with Crippen molar-refractivity contribution in [3.8, 4) is 5.75 Å². The van der Waals surface area contributed by atoms with Gasteiger partial charge < -0.3 is 15.4 Å². The smallest absolute Gasteiger partial charge is 0.119 e. The molecule has 19 heavy (non-hydrogen) atoms. The van der Waals surface area contributed by atoms with Gasteiger partial charge in [-0.05, 0) is 50.6 Å². The summed E-state index contributed by atoms with van der Waals surface area (Å²) in [6, 6.07) is 8.92. The lowest BCUT2D eigenvalue weighted by molar-refractivity contribution is 0.125. The number of likely N-dealkylation sites (N-methyl/N-ethyl adjacent to an activating group) is 1. The molecule has 1 aliphatic rings. The lowest BCUT2D eigenvalue weighted by atomic mass is 10.0. The molecule has 1 unspecified atom stereocenters. The lowest BCUT2D eigenvalue weighted by Gasteiger charge is -2.32. The molecule has 0 amide bonds. The van der Waals surface area contributed by atoms with Crippen LogP contribution in [0.3, 0.4) is 0 Å². The second kappa shape index (κ2) is 6.92. The molecule has 0 radical (unpaired) electrons. The summed E-state index contributed by atoms with van der Waals surface area (Å²) in [5, 5.41) is 0. The Kier molecular flexibility index (Phi) is 5.23. The van der Waals surface area contributed by atoms with Crippen LogP contribution in [0.1, 0.15) is 44.2 Å². The molecule has 2 rings (SSSR count). The summed E-state index contributed by atoms with van der Waals surface area (Å²) >= 11 is 0. The van der Waals surface area contributed by atoms with Gasteiger partial charge in [0, 0.05) is 12.1 Å². The number of ether oxygens (including phenoxy) is 1. The zero-order valence-corrected chi connectivity index (χ0v) is 12.1. The Morgan fingerprint density at radius 1 is 1.32 bits per heavy atom. The van der Waals surface area contributed by atoms with Gasteiger partial charge in [-0.25, -0.2) is 0 Å². The Labute approximate surface area is 116 Å². The minimum Gasteiger partial charge on any atom is -0.492 e. The molecule has 1 fully saturated rings. The van der Waals surface area contributed by atoms with Gasteiger partial charge in [0.1, 0.15) is 12.4 Å². The SMILES string of the molecule is CC[C@@H](N)c1ccc(OCC2CCCCN2C)cc1. The number of hydrogen-bond donors (Lipinski definition) is 1. The molecule has 0 bridgehead atoms. The van der Waals surface area contributed by atoms with Crippen LogP contribution < -0.4 is 10.5 Å². The van der Waals surface area contributed by atoms with Crippen molar-refractivity contribution < 1.29 is 4.74 Å². The highest BCUT2D eigenvalue weighted by Gasteiger charge is 2.19. The van der Waals surface area contributed by atoms with Crippen molar-refractivity contribution in [3.05, 3.63) is 29.8 Å². The Morgan fingerprint density at radius 3 is 2.68 bits per heavy atom. The molecule has 0 saturated carbocycles. The molecule has 3 heteroatoms. The van der Waals surface area contributed by atoms with Crippen LogP contribution in [0.25, 0.3) is 0 Å². The highest BCUT2D eigenvalue weighted by Crippen LogP contribution is 2.20. The first kappa shape index (κ1) is 14.4. The van der Waals surface area contributed by atoms with E-state index >= 15 is 0 Å². The highest BCUT2D eigenvalue weighted by molar-refractivity contribution is 5.29. The van der Waals surface area contributed by atoms with Crippen molar-refractivity contribution >= 4 is 0 Å². The monoisotopic (exact) mass is 262 g/mol. The van der Waals surface area contributed by atoms with E-state index < -0.39 is 0 Å². The first-order chi connectivity index (χ1) is 9.20. The molecular formula is C16H26N2O. The molecule has 0 aliphatic carbocycles. The van der Waals surface area contributed by atoms with Crippen LogP contribution in [-0.2, 0) is 0 Å². The van der Waals surface area contributed by atoms with Crippen LogP contribution in [0, 0.1) is 0 Å². The topological polar surface area (TPSA) is 38.5 Å². The predicted molar refractivity (Wildman–Crippen MR) is 79.4 cm³/mol. The van der Waals surface area contributed by atoms with Crippen molar-refractivity contribution in [2.24, 2.45) is 5.73 Å². The molecule has 0 spiro atoms. The van der Waals surface area contributed by atoms with Crippen molar-refractivity contribution in [3.63, 3.8) is 0 Å². The summed E-state index contributed by atoms with van der Waals surface area (Å²) in [7, 11) is 2.19. The summed E-state index contributed by atoms with van der Waals surface area (Å²) in [5.74, 6) is 0.950. The average molecular weight is 262 g/mol. The van der Waals surface area contributed by atoms with Crippen molar-refractivity contribution in [1.82, 2.24) is 4.90 Å². The Hall–Kier alpha value is -1.06. The number of nitrogens with two attached hydrogens (primary N) is 1. The molecular weight excluding hydrogens is 236 g/mol. The quantitative estimate of drug-likeness (QED) is 0.886. The summed E-state index contributed by atoms with van der Waals surface area (Å²) in [6.07, 6.45) is 4.85. The molecule has 0 aromatic heterocycles. The van der Waals surface area contributed by atoms with E-state index in [1.807, 2.05) is 12.1 Å². The lowest BCUT2D eigenvalue weighted by Crippen LogP contribution is -2.40. The van der Waals surface area contributed by atoms with Crippen LogP contribution in [0.2, 0.25) is 0 Å². The number of hydrogen-bond acceptors (Lipinski definition) is 3. The Balaban J connectivity index is 1.85. The Morgan fingerprint density at radius 2 is 2.05 bits per heavy atom. The van der Waals surface area contributed by atoms with Crippen molar-refractivity contribution in [2.75, 3.05) is 20.2 Å². The summed E-state index contributed by atoms with van der Waals surface area (Å²) in [4.78, 5) is 2.41. The maximum atomic E-state index is 6.01. The fourth-order valence-corrected chi connectivity index (χ4v) is 2.59. The molecule has 3 nitrogen and oxygen atoms in total. The van der Waals surface area contributed by atoms with Gasteiger partial charge in [-0.15, -0.1) is 0 Å². The van der Waals surface area contributed by atoms with Gasteiger partial charge in [-0.3, -0.25) is 0 Å². The van der Waals surface area contributed by atoms with E-state index in [1.165, 1.54) is 31.4 Å². The third kappa shape index (κ3) is 3.95. The largest absolute Gasteiger partial charge is 0.492 e. The fourth-order valence-electron chi connectivity index (χ4n) is 2.59. The van der Waals surface area contributed by atoms with E-state index in [1.54, 1.807) is 0 Å². The Bertz CT molecular complexity index is 377. The van der Waals surface area contributed by atoms with Crippen molar-refractivity contribution in [2.45, 2.75) is 44.7 Å². The standard InChI is InChI=1S/C16H26N2O/c1-3-16(17)13-7-9-15(10-8-13)19-12-14-6-4-5-11-18(14)2/h7-10,14,16H,3-6,11-12,17H2,1-2H3/t14?,16-/m1/s1. The van der Waals surface area contributed by atoms with E-state index in [0.29, 0.717) is 6.04 Å². The van der Waals surface area contributed by atoms with E-state index in [0.717, 1.165) is 18.8 Å². The van der Waals surface area contributed by atoms with Gasteiger partial charge in [-0.2, -0.15) is 0 Å². The minimum atomic E-state index is 0.138. The van der Waals surface area contributed by atoms with Gasteiger partial charge in [0.05, 0.1) is 0 Å². The molecule has 2 atom stereocenters. The number of piperidine rings is 1. The molecule has 2 N–H and O–H groups in total.